The molecule has 0 spiro atoms. The third-order valence-electron chi connectivity index (χ3n) is 5.61. The van der Waals surface area contributed by atoms with Crippen molar-refractivity contribution in [2.45, 2.75) is 36.3 Å². The van der Waals surface area contributed by atoms with Crippen molar-refractivity contribution in [3.63, 3.8) is 0 Å². The number of nitrogens with one attached hydrogen (secondary N) is 1. The molecule has 186 valence electrons. The number of anilines is 1. The summed E-state index contributed by atoms with van der Waals surface area (Å²) in [6.07, 6.45) is -2.23. The van der Waals surface area contributed by atoms with Crippen molar-refractivity contribution in [3.05, 3.63) is 76.9 Å². The van der Waals surface area contributed by atoms with Crippen molar-refractivity contribution in [3.8, 4) is 5.75 Å². The van der Waals surface area contributed by atoms with E-state index < -0.39 is 34.3 Å². The van der Waals surface area contributed by atoms with Crippen molar-refractivity contribution in [1.29, 1.82) is 0 Å². The number of fused-ring (bicyclic) bond motifs is 1. The average Bonchev–Trinajstić information content (AvgIpc) is 2.82. The molecule has 2 aromatic carbocycles. The topological polar surface area (TPSA) is 81.2 Å². The number of sulfonamides is 1. The van der Waals surface area contributed by atoms with Crippen LogP contribution in [0.5, 0.6) is 5.75 Å². The summed E-state index contributed by atoms with van der Waals surface area (Å²) in [4.78, 5) is 6.99. The van der Waals surface area contributed by atoms with Crippen LogP contribution in [0.25, 0.3) is 0 Å². The molecule has 0 radical (unpaired) electrons. The fraction of sp³-hybridized carbons (Fsp3) is 0.304. The van der Waals surface area contributed by atoms with E-state index in [0.717, 1.165) is 24.5 Å². The number of hydrogen-bond acceptors (Lipinski definition) is 5. The lowest BCUT2D eigenvalue weighted by Crippen LogP contribution is -2.19. The largest absolute Gasteiger partial charge is 0.493 e. The van der Waals surface area contributed by atoms with Crippen molar-refractivity contribution >= 4 is 16.0 Å². The van der Waals surface area contributed by atoms with Gasteiger partial charge in [0.25, 0.3) is 10.0 Å². The van der Waals surface area contributed by atoms with Gasteiger partial charge >= 0.3 is 6.18 Å². The minimum atomic E-state index is -4.53. The van der Waals surface area contributed by atoms with Gasteiger partial charge in [-0.15, -0.1) is 0 Å². The van der Waals surface area contributed by atoms with Crippen molar-refractivity contribution in [2.75, 3.05) is 18.0 Å². The van der Waals surface area contributed by atoms with Crippen LogP contribution in [0.15, 0.2) is 53.7 Å². The van der Waals surface area contributed by atoms with Crippen LogP contribution in [0, 0.1) is 5.82 Å². The Morgan fingerprint density at radius 1 is 1.06 bits per heavy atom. The molecule has 0 bridgehead atoms. The lowest BCUT2D eigenvalue weighted by Gasteiger charge is -2.29. The number of halogens is 5. The highest BCUT2D eigenvalue weighted by Gasteiger charge is 2.33. The van der Waals surface area contributed by atoms with Gasteiger partial charge in [-0.3, -0.25) is 4.39 Å². The Kier molecular flexibility index (Phi) is 6.93. The number of alkyl halides is 4. The maximum absolute atomic E-state index is 13.3. The molecule has 1 unspecified atom stereocenters. The Morgan fingerprint density at radius 3 is 2.46 bits per heavy atom. The van der Waals surface area contributed by atoms with E-state index in [1.807, 2.05) is 0 Å². The lowest BCUT2D eigenvalue weighted by molar-refractivity contribution is -0.137. The van der Waals surface area contributed by atoms with Crippen LogP contribution in [-0.4, -0.2) is 31.7 Å². The normalized spacial score (nSPS) is 15.9. The highest BCUT2D eigenvalue weighted by Crippen LogP contribution is 2.42. The molecule has 0 saturated carbocycles. The molecule has 12 heteroatoms. The van der Waals surface area contributed by atoms with Crippen LogP contribution in [-0.2, 0) is 22.6 Å². The zero-order valence-electron chi connectivity index (χ0n) is 18.1. The molecule has 6 nitrogen and oxygen atoms in total. The molecule has 4 rings (SSSR count). The molecular weight excluding hydrogens is 493 g/mol. The van der Waals surface area contributed by atoms with Crippen molar-refractivity contribution in [2.24, 2.45) is 0 Å². The van der Waals surface area contributed by atoms with Crippen molar-refractivity contribution in [1.82, 2.24) is 9.97 Å². The minimum Gasteiger partial charge on any atom is -0.493 e. The first-order chi connectivity index (χ1) is 16.6. The van der Waals surface area contributed by atoms with Crippen LogP contribution < -0.4 is 9.46 Å². The minimum absolute atomic E-state index is 0.0820. The second-order valence-electron chi connectivity index (χ2n) is 7.92. The van der Waals surface area contributed by atoms with E-state index in [9.17, 15) is 30.4 Å². The van der Waals surface area contributed by atoms with Crippen LogP contribution in [0.4, 0.5) is 27.9 Å². The molecule has 0 amide bonds. The zero-order valence-corrected chi connectivity index (χ0v) is 19.0. The number of aryl methyl sites for hydroxylation is 1. The molecule has 0 saturated heterocycles. The molecule has 3 aromatic rings. The van der Waals surface area contributed by atoms with Gasteiger partial charge < -0.3 is 4.74 Å². The zero-order chi connectivity index (χ0) is 25.2. The maximum Gasteiger partial charge on any atom is 0.416 e. The van der Waals surface area contributed by atoms with Crippen LogP contribution >= 0.6 is 0 Å². The van der Waals surface area contributed by atoms with Gasteiger partial charge in [0.1, 0.15) is 5.75 Å². The first-order valence-corrected chi connectivity index (χ1v) is 12.1. The second kappa shape index (κ2) is 9.76. The smallest absolute Gasteiger partial charge is 0.416 e. The number of rotatable bonds is 7. The molecule has 2 heterocycles. The third kappa shape index (κ3) is 5.53. The predicted molar refractivity (Wildman–Crippen MR) is 117 cm³/mol. The fourth-order valence-electron chi connectivity index (χ4n) is 4.00. The van der Waals surface area contributed by atoms with E-state index >= 15 is 0 Å². The number of hydrogen-bond donors (Lipinski definition) is 1. The van der Waals surface area contributed by atoms with Crippen molar-refractivity contribution < 1.29 is 35.1 Å². The Bertz CT molecular complexity index is 1310. The summed E-state index contributed by atoms with van der Waals surface area (Å²) in [6.45, 7) is -0.453. The van der Waals surface area contributed by atoms with Gasteiger partial charge in [0.2, 0.25) is 5.95 Å². The SMILES string of the molecule is O=S(=O)(Nc1ncc(F)cn1)c1ccc2c(c1)OCCC2c1ccc(C(F)(F)F)cc1CCCF. The van der Waals surface area contributed by atoms with E-state index in [1.54, 1.807) is 0 Å². The average molecular weight is 513 g/mol. The summed E-state index contributed by atoms with van der Waals surface area (Å²) in [7, 11) is -4.13. The molecule has 35 heavy (non-hydrogen) atoms. The summed E-state index contributed by atoms with van der Waals surface area (Å²) in [5.74, 6) is -1.14. The van der Waals surface area contributed by atoms with Crippen LogP contribution in [0.3, 0.4) is 0 Å². The van der Waals surface area contributed by atoms with Gasteiger partial charge in [0.15, 0.2) is 5.82 Å². The number of ether oxygens (including phenoxy) is 1. The molecule has 1 aromatic heterocycles. The first kappa shape index (κ1) is 24.8. The first-order valence-electron chi connectivity index (χ1n) is 10.6. The molecule has 0 fully saturated rings. The van der Waals surface area contributed by atoms with Gasteiger partial charge in [-0.05, 0) is 48.6 Å². The quantitative estimate of drug-likeness (QED) is 0.437. The highest BCUT2D eigenvalue weighted by atomic mass is 32.2. The van der Waals surface area contributed by atoms with E-state index in [2.05, 4.69) is 14.7 Å². The highest BCUT2D eigenvalue weighted by molar-refractivity contribution is 7.92. The van der Waals surface area contributed by atoms with Gasteiger partial charge in [-0.1, -0.05) is 12.1 Å². The Hall–Kier alpha value is -3.28. The van der Waals surface area contributed by atoms with Gasteiger partial charge in [-0.2, -0.15) is 13.2 Å². The number of nitrogens with zero attached hydrogens (tertiary/aromatic N) is 2. The van der Waals surface area contributed by atoms with Gasteiger partial charge in [0, 0.05) is 17.5 Å². The predicted octanol–water partition coefficient (Wildman–Crippen LogP) is 5.25. The molecule has 1 aliphatic heterocycles. The fourth-order valence-corrected chi connectivity index (χ4v) is 4.97. The number of aromatic nitrogens is 2. The van der Waals surface area contributed by atoms with Crippen LogP contribution in [0.2, 0.25) is 0 Å². The molecule has 0 aliphatic carbocycles. The molecule has 1 aliphatic rings. The molecule has 1 atom stereocenters. The van der Waals surface area contributed by atoms with E-state index in [-0.39, 0.29) is 42.0 Å². The number of benzene rings is 2. The summed E-state index contributed by atoms with van der Waals surface area (Å²) in [5.41, 5.74) is 0.805. The van der Waals surface area contributed by atoms with E-state index in [1.165, 1.54) is 24.3 Å². The third-order valence-corrected chi connectivity index (χ3v) is 6.93. The monoisotopic (exact) mass is 513 g/mol. The Balaban J connectivity index is 1.68. The Morgan fingerprint density at radius 2 is 1.77 bits per heavy atom. The van der Waals surface area contributed by atoms with E-state index in [0.29, 0.717) is 23.1 Å². The summed E-state index contributed by atoms with van der Waals surface area (Å²) in [5, 5.41) is 0. The molecular formula is C23H20F5N3O3S. The summed E-state index contributed by atoms with van der Waals surface area (Å²) in [6, 6.07) is 7.61. The summed E-state index contributed by atoms with van der Waals surface area (Å²) >= 11 is 0. The Labute approximate surface area is 198 Å². The summed E-state index contributed by atoms with van der Waals surface area (Å²) < 4.78 is 98.9. The van der Waals surface area contributed by atoms with Gasteiger partial charge in [-0.25, -0.2) is 27.5 Å². The molecule has 1 N–H and O–H groups in total. The van der Waals surface area contributed by atoms with Crippen LogP contribution in [0.1, 0.15) is 41.0 Å². The maximum atomic E-state index is 13.3. The second-order valence-corrected chi connectivity index (χ2v) is 9.61. The van der Waals surface area contributed by atoms with E-state index in [4.69, 9.17) is 4.74 Å². The lowest BCUT2D eigenvalue weighted by atomic mass is 9.82. The standard InChI is InChI=1S/C23H20F5N3O3S/c24-8-1-2-14-10-15(23(26,27)28)3-5-18(14)19-7-9-34-21-11-17(4-6-20(19)21)35(32,33)31-22-29-12-16(25)13-30-22/h3-6,10-13,19H,1-2,7-9H2,(H,29,30,31). The van der Waals surface area contributed by atoms with Gasteiger partial charge in [0.05, 0.1) is 36.1 Å².